The fraction of sp³-hybridized carbons (Fsp3) is 0.360. The van der Waals surface area contributed by atoms with E-state index in [4.69, 9.17) is 15.8 Å². The van der Waals surface area contributed by atoms with Gasteiger partial charge in [0, 0.05) is 19.1 Å². The normalized spacial score (nSPS) is 15.2. The maximum Gasteiger partial charge on any atom is 0.143 e. The van der Waals surface area contributed by atoms with E-state index in [9.17, 15) is 0 Å². The van der Waals surface area contributed by atoms with E-state index < -0.39 is 0 Å². The van der Waals surface area contributed by atoms with Gasteiger partial charge >= 0.3 is 0 Å². The molecular weight excluding hydrogens is 384 g/mol. The molecule has 1 fully saturated rings. The molecular formula is C25H30N6. The van der Waals surface area contributed by atoms with E-state index >= 15 is 0 Å². The summed E-state index contributed by atoms with van der Waals surface area (Å²) < 4.78 is 2.07. The molecule has 6 heteroatoms. The van der Waals surface area contributed by atoms with Crippen LogP contribution in [-0.4, -0.2) is 38.9 Å². The van der Waals surface area contributed by atoms with Crippen molar-refractivity contribution in [3.8, 4) is 17.1 Å². The van der Waals surface area contributed by atoms with E-state index in [0.717, 1.165) is 59.9 Å². The Bertz CT molecular complexity index is 1240. The van der Waals surface area contributed by atoms with Crippen molar-refractivity contribution in [2.45, 2.75) is 46.6 Å². The predicted molar refractivity (Wildman–Crippen MR) is 127 cm³/mol. The molecule has 2 aromatic carbocycles. The quantitative estimate of drug-likeness (QED) is 0.515. The number of anilines is 1. The summed E-state index contributed by atoms with van der Waals surface area (Å²) in [5.41, 5.74) is 15.3. The van der Waals surface area contributed by atoms with Crippen molar-refractivity contribution < 1.29 is 0 Å². The highest BCUT2D eigenvalue weighted by Gasteiger charge is 2.26. The zero-order valence-electron chi connectivity index (χ0n) is 18.7. The Morgan fingerprint density at radius 2 is 1.61 bits per heavy atom. The first-order valence-electron chi connectivity index (χ1n) is 11.0. The van der Waals surface area contributed by atoms with Crippen molar-refractivity contribution in [1.82, 2.24) is 19.7 Å². The minimum Gasteiger partial charge on any atom is -0.356 e. The van der Waals surface area contributed by atoms with Crippen molar-refractivity contribution in [3.63, 3.8) is 0 Å². The number of nitrogens with two attached hydrogens (primary N) is 1. The molecule has 3 heterocycles. The smallest absolute Gasteiger partial charge is 0.143 e. The molecule has 0 bridgehead atoms. The van der Waals surface area contributed by atoms with E-state index in [-0.39, 0.29) is 6.04 Å². The average Bonchev–Trinajstić information content (AvgIpc) is 3.32. The molecule has 0 spiro atoms. The predicted octanol–water partition coefficient (Wildman–Crippen LogP) is 4.58. The number of aryl methyl sites for hydroxylation is 4. The topological polar surface area (TPSA) is 75.8 Å². The van der Waals surface area contributed by atoms with Crippen molar-refractivity contribution >= 4 is 16.9 Å². The van der Waals surface area contributed by atoms with Crippen molar-refractivity contribution in [2.24, 2.45) is 5.73 Å². The summed E-state index contributed by atoms with van der Waals surface area (Å²) in [4.78, 5) is 10.9. The third kappa shape index (κ3) is 3.61. The van der Waals surface area contributed by atoms with Gasteiger partial charge in [-0.25, -0.2) is 9.67 Å². The van der Waals surface area contributed by atoms with Gasteiger partial charge in [-0.15, -0.1) is 0 Å². The van der Waals surface area contributed by atoms with Gasteiger partial charge in [-0.1, -0.05) is 12.1 Å². The lowest BCUT2D eigenvalue weighted by Gasteiger charge is -2.32. The molecule has 3 N–H and O–H groups in total. The molecule has 1 saturated heterocycles. The zero-order valence-corrected chi connectivity index (χ0v) is 18.7. The summed E-state index contributed by atoms with van der Waals surface area (Å²) in [6.07, 6.45) is 3.91. The Morgan fingerprint density at radius 1 is 0.935 bits per heavy atom. The van der Waals surface area contributed by atoms with Crippen molar-refractivity contribution in [3.05, 3.63) is 58.8 Å². The van der Waals surface area contributed by atoms with Crippen LogP contribution in [0.15, 0.2) is 36.5 Å². The molecule has 0 unspecified atom stereocenters. The highest BCUT2D eigenvalue weighted by molar-refractivity contribution is 5.85. The summed E-state index contributed by atoms with van der Waals surface area (Å²) in [5, 5.41) is 4.83. The fourth-order valence-corrected chi connectivity index (χ4v) is 4.79. The molecule has 0 radical (unpaired) electrons. The molecule has 31 heavy (non-hydrogen) atoms. The van der Waals surface area contributed by atoms with Gasteiger partial charge in [0.2, 0.25) is 0 Å². The van der Waals surface area contributed by atoms with E-state index in [0.29, 0.717) is 0 Å². The van der Waals surface area contributed by atoms with Gasteiger partial charge in [-0.3, -0.25) is 0 Å². The monoisotopic (exact) mass is 414 g/mol. The number of rotatable bonds is 3. The lowest BCUT2D eigenvalue weighted by Crippen LogP contribution is -2.40. The highest BCUT2D eigenvalue weighted by atomic mass is 15.4. The first-order valence-corrected chi connectivity index (χ1v) is 11.0. The summed E-state index contributed by atoms with van der Waals surface area (Å²) in [5.74, 6) is 1.95. The average molecular weight is 415 g/mol. The molecule has 0 aliphatic carbocycles. The lowest BCUT2D eigenvalue weighted by molar-refractivity contribution is 0.496. The van der Waals surface area contributed by atoms with Crippen LogP contribution in [0.5, 0.6) is 0 Å². The van der Waals surface area contributed by atoms with Crippen molar-refractivity contribution in [2.75, 3.05) is 18.0 Å². The summed E-state index contributed by atoms with van der Waals surface area (Å²) >= 11 is 0. The molecule has 0 atom stereocenters. The third-order valence-electron chi connectivity index (χ3n) is 6.21. The van der Waals surface area contributed by atoms with E-state index in [1.54, 1.807) is 0 Å². The van der Waals surface area contributed by atoms with Crippen LogP contribution in [0.3, 0.4) is 0 Å². The molecule has 2 aromatic heterocycles. The second-order valence-corrected chi connectivity index (χ2v) is 9.03. The molecule has 1 aliphatic rings. The maximum atomic E-state index is 6.20. The summed E-state index contributed by atoms with van der Waals surface area (Å²) in [6, 6.07) is 11.2. The largest absolute Gasteiger partial charge is 0.356 e. The molecule has 1 aliphatic heterocycles. The minimum atomic E-state index is 0.272. The number of benzene rings is 2. The number of piperidine rings is 1. The molecule has 5 rings (SSSR count). The van der Waals surface area contributed by atoms with Gasteiger partial charge in [0.05, 0.1) is 28.5 Å². The third-order valence-corrected chi connectivity index (χ3v) is 6.21. The first-order chi connectivity index (χ1) is 14.9. The van der Waals surface area contributed by atoms with Crippen LogP contribution in [0.2, 0.25) is 0 Å². The van der Waals surface area contributed by atoms with Crippen molar-refractivity contribution in [1.29, 1.82) is 0 Å². The Morgan fingerprint density at radius 3 is 2.32 bits per heavy atom. The van der Waals surface area contributed by atoms with Gasteiger partial charge in [0.25, 0.3) is 0 Å². The standard InChI is InChI=1S/C25H30N6/c1-15-9-16(2)12-20(11-15)31-25(30-7-5-19(26)6-8-30)21(14-27-31)24-28-22-13-17(3)10-18(4)23(22)29-24/h9-14,19H,5-8,26H2,1-4H3,(H,28,29). The zero-order chi connectivity index (χ0) is 21.7. The second kappa shape index (κ2) is 7.54. The second-order valence-electron chi connectivity index (χ2n) is 9.03. The molecule has 0 amide bonds. The van der Waals surface area contributed by atoms with E-state index in [2.05, 4.69) is 72.6 Å². The Kier molecular flexibility index (Phi) is 4.82. The van der Waals surface area contributed by atoms with E-state index in [1.165, 1.54) is 22.3 Å². The number of hydrogen-bond acceptors (Lipinski definition) is 4. The molecule has 4 aromatic rings. The van der Waals surface area contributed by atoms with Crippen LogP contribution in [-0.2, 0) is 0 Å². The lowest BCUT2D eigenvalue weighted by atomic mass is 10.1. The van der Waals surface area contributed by atoms with Crippen LogP contribution in [0.1, 0.15) is 35.1 Å². The van der Waals surface area contributed by atoms with Crippen LogP contribution in [0, 0.1) is 27.7 Å². The first kappa shape index (κ1) is 19.8. The SMILES string of the molecule is Cc1cc(C)cc(-n2ncc(-c3nc4c(C)cc(C)cc4[nH]3)c2N2CCC(N)CC2)c1. The van der Waals surface area contributed by atoms with Gasteiger partial charge in [0.1, 0.15) is 11.6 Å². The van der Waals surface area contributed by atoms with Gasteiger partial charge in [-0.05, 0) is 81.0 Å². The van der Waals surface area contributed by atoms with Crippen LogP contribution in [0.25, 0.3) is 28.1 Å². The summed E-state index contributed by atoms with van der Waals surface area (Å²) in [6.45, 7) is 10.3. The van der Waals surface area contributed by atoms with E-state index in [1.807, 2.05) is 6.20 Å². The molecule has 6 nitrogen and oxygen atoms in total. The Hall–Kier alpha value is -3.12. The van der Waals surface area contributed by atoms with Crippen LogP contribution in [0.4, 0.5) is 5.82 Å². The minimum absolute atomic E-state index is 0.272. The summed E-state index contributed by atoms with van der Waals surface area (Å²) in [7, 11) is 0. The number of fused-ring (bicyclic) bond motifs is 1. The number of nitrogens with one attached hydrogen (secondary N) is 1. The number of H-pyrrole nitrogens is 1. The van der Waals surface area contributed by atoms with Gasteiger partial charge in [0.15, 0.2) is 0 Å². The van der Waals surface area contributed by atoms with Gasteiger partial charge in [-0.2, -0.15) is 5.10 Å². The number of hydrogen-bond donors (Lipinski definition) is 2. The van der Waals surface area contributed by atoms with Gasteiger partial charge < -0.3 is 15.6 Å². The molecule has 0 saturated carbocycles. The number of aromatic amines is 1. The Labute approximate surface area is 183 Å². The molecule has 160 valence electrons. The number of nitrogens with zero attached hydrogens (tertiary/aromatic N) is 4. The van der Waals surface area contributed by atoms with Crippen LogP contribution < -0.4 is 10.6 Å². The fourth-order valence-electron chi connectivity index (χ4n) is 4.79. The Balaban J connectivity index is 1.69. The number of imidazole rings is 1. The highest BCUT2D eigenvalue weighted by Crippen LogP contribution is 2.35. The number of aromatic nitrogens is 4. The van der Waals surface area contributed by atoms with Crippen LogP contribution >= 0.6 is 0 Å². The maximum absolute atomic E-state index is 6.20.